The fourth-order valence-corrected chi connectivity index (χ4v) is 6.22. The Kier molecular flexibility index (Phi) is 16.0. The van der Waals surface area contributed by atoms with Crippen molar-refractivity contribution in [1.29, 1.82) is 0 Å². The number of aliphatic imine (C=N–C) groups is 1. The summed E-state index contributed by atoms with van der Waals surface area (Å²) in [4.78, 5) is 87.3. The summed E-state index contributed by atoms with van der Waals surface area (Å²) in [5.74, 6) is -2.24. The first kappa shape index (κ1) is 42.7. The second kappa shape index (κ2) is 21.7. The molecule has 16 heteroatoms. The van der Waals surface area contributed by atoms with Crippen molar-refractivity contribution >= 4 is 42.1 Å². The average molecular weight is 799 g/mol. The molecule has 6 amide bonds. The summed E-state index contributed by atoms with van der Waals surface area (Å²) in [5.41, 5.74) is 2.24. The van der Waals surface area contributed by atoms with Gasteiger partial charge in [-0.05, 0) is 41.9 Å². The van der Waals surface area contributed by atoms with Crippen molar-refractivity contribution in [2.75, 3.05) is 39.3 Å². The Morgan fingerprint density at radius 2 is 1.19 bits per heavy atom. The van der Waals surface area contributed by atoms with Gasteiger partial charge in [-0.25, -0.2) is 28.9 Å². The minimum absolute atomic E-state index is 0.00560. The fraction of sp³-hybridized carbons (Fsp3) is 0.405. The Morgan fingerprint density at radius 1 is 0.690 bits per heavy atom. The zero-order valence-electron chi connectivity index (χ0n) is 32.7. The van der Waals surface area contributed by atoms with Crippen LogP contribution >= 0.6 is 0 Å². The maximum Gasteiger partial charge on any atom is 0.414 e. The number of β-lactam (4-membered cyclic amide) rings is 1. The number of alkyl carbamates (subject to hydrolysis) is 2. The van der Waals surface area contributed by atoms with Gasteiger partial charge < -0.3 is 28.7 Å². The molecule has 5 rings (SSSR count). The van der Waals surface area contributed by atoms with E-state index >= 15 is 0 Å². The monoisotopic (exact) mass is 798 g/mol. The van der Waals surface area contributed by atoms with Crippen LogP contribution < -0.4 is 10.6 Å². The van der Waals surface area contributed by atoms with Crippen LogP contribution in [0.15, 0.2) is 96.0 Å². The van der Waals surface area contributed by atoms with Crippen LogP contribution in [0.5, 0.6) is 0 Å². The molecule has 0 bridgehead atoms. The molecule has 3 aromatic rings. The van der Waals surface area contributed by atoms with Crippen molar-refractivity contribution < 1.29 is 47.7 Å². The summed E-state index contributed by atoms with van der Waals surface area (Å²) in [7, 11) is 0. The Morgan fingerprint density at radius 3 is 1.72 bits per heavy atom. The number of carbonyl (C=O) groups is 6. The van der Waals surface area contributed by atoms with Crippen LogP contribution in [-0.4, -0.2) is 102 Å². The summed E-state index contributed by atoms with van der Waals surface area (Å²) < 4.78 is 21.6. The second-order valence-corrected chi connectivity index (χ2v) is 14.2. The topological polar surface area (TPSA) is 185 Å². The number of urea groups is 1. The minimum atomic E-state index is -1.19. The Labute approximate surface area is 337 Å². The lowest BCUT2D eigenvalue weighted by Crippen LogP contribution is -2.68. The van der Waals surface area contributed by atoms with Crippen molar-refractivity contribution in [2.45, 2.75) is 59.0 Å². The Balaban J connectivity index is 1.22. The highest BCUT2D eigenvalue weighted by molar-refractivity contribution is 6.08. The van der Waals surface area contributed by atoms with E-state index in [1.807, 2.05) is 32.0 Å². The van der Waals surface area contributed by atoms with E-state index in [1.165, 1.54) is 9.80 Å². The normalized spacial score (nSPS) is 16.3. The van der Waals surface area contributed by atoms with E-state index in [1.54, 1.807) is 72.8 Å². The first-order valence-corrected chi connectivity index (χ1v) is 19.3. The van der Waals surface area contributed by atoms with Gasteiger partial charge in [0.15, 0.2) is 6.04 Å². The molecule has 2 saturated heterocycles. The molecule has 0 aromatic heterocycles. The molecule has 2 aliphatic heterocycles. The van der Waals surface area contributed by atoms with Crippen molar-refractivity contribution in [3.63, 3.8) is 0 Å². The van der Waals surface area contributed by atoms with Gasteiger partial charge in [-0.15, -0.1) is 0 Å². The zero-order chi connectivity index (χ0) is 41.3. The third kappa shape index (κ3) is 12.8. The first-order valence-electron chi connectivity index (χ1n) is 19.3. The maximum atomic E-state index is 13.8. The van der Waals surface area contributed by atoms with E-state index in [0.29, 0.717) is 13.0 Å². The number of likely N-dealkylation sites (tertiary alicyclic amines) is 1. The van der Waals surface area contributed by atoms with Gasteiger partial charge in [0.05, 0.1) is 12.5 Å². The summed E-state index contributed by atoms with van der Waals surface area (Å²) in [6.07, 6.45) is -1.40. The van der Waals surface area contributed by atoms with Gasteiger partial charge in [-0.3, -0.25) is 20.4 Å². The predicted molar refractivity (Wildman–Crippen MR) is 211 cm³/mol. The van der Waals surface area contributed by atoms with Crippen molar-refractivity contribution in [2.24, 2.45) is 16.8 Å². The largest absolute Gasteiger partial charge is 0.459 e. The second-order valence-electron chi connectivity index (χ2n) is 14.2. The van der Waals surface area contributed by atoms with Gasteiger partial charge in [-0.2, -0.15) is 0 Å². The number of imide groups is 1. The number of rotatable bonds is 13. The van der Waals surface area contributed by atoms with Crippen LogP contribution in [0.3, 0.4) is 0 Å². The predicted octanol–water partition coefficient (Wildman–Crippen LogP) is 5.47. The molecule has 58 heavy (non-hydrogen) atoms. The number of amides is 6. The number of carbonyl (C=O) groups excluding carboxylic acids is 6. The molecule has 2 unspecified atom stereocenters. The minimum Gasteiger partial charge on any atom is -0.459 e. The highest BCUT2D eigenvalue weighted by Crippen LogP contribution is 2.33. The number of benzene rings is 3. The van der Waals surface area contributed by atoms with Crippen LogP contribution in [0.4, 0.5) is 19.2 Å². The number of hydrogen-bond acceptors (Lipinski definition) is 11. The molecule has 0 spiro atoms. The summed E-state index contributed by atoms with van der Waals surface area (Å²) in [5, 5.41) is 4.86. The molecule has 0 radical (unpaired) electrons. The van der Waals surface area contributed by atoms with Gasteiger partial charge >= 0.3 is 30.3 Å². The van der Waals surface area contributed by atoms with Gasteiger partial charge in [0, 0.05) is 32.7 Å². The van der Waals surface area contributed by atoms with E-state index < -0.39 is 48.1 Å². The van der Waals surface area contributed by atoms with Crippen molar-refractivity contribution in [1.82, 2.24) is 25.3 Å². The van der Waals surface area contributed by atoms with Gasteiger partial charge in [0.2, 0.25) is 11.9 Å². The molecular formula is C42H50N6O10. The quantitative estimate of drug-likeness (QED) is 0.0562. The number of guanidine groups is 1. The third-order valence-corrected chi connectivity index (χ3v) is 9.26. The fourth-order valence-electron chi connectivity index (χ4n) is 6.22. The highest BCUT2D eigenvalue weighted by atomic mass is 16.6. The van der Waals surface area contributed by atoms with Crippen LogP contribution in [0.1, 0.15) is 49.8 Å². The Bertz CT molecular complexity index is 1820. The number of ether oxygens (including phenoxy) is 4. The van der Waals surface area contributed by atoms with Crippen molar-refractivity contribution in [3.8, 4) is 0 Å². The lowest BCUT2D eigenvalue weighted by Gasteiger charge is -2.45. The molecule has 3 aromatic carbocycles. The van der Waals surface area contributed by atoms with E-state index in [4.69, 9.17) is 18.9 Å². The molecule has 0 aliphatic carbocycles. The van der Waals surface area contributed by atoms with Crippen LogP contribution in [0.2, 0.25) is 0 Å². The smallest absolute Gasteiger partial charge is 0.414 e. The lowest BCUT2D eigenvalue weighted by atomic mass is 9.83. The molecule has 2 aliphatic rings. The molecule has 0 saturated carbocycles. The highest BCUT2D eigenvalue weighted by Gasteiger charge is 2.56. The maximum absolute atomic E-state index is 13.8. The van der Waals surface area contributed by atoms with Crippen LogP contribution in [0, 0.1) is 11.8 Å². The van der Waals surface area contributed by atoms with Gasteiger partial charge in [0.25, 0.3) is 0 Å². The standard InChI is InChI=1S/C42H50N6O10/c1-30(2)26-58-42(54)47-23-13-22-46(24-25-47)41(53)48-35(37(50)55-27-31-14-6-3-7-15-31)34(36(48)49)20-12-21-43-38(44-39(51)56-28-32-16-8-4-9-17-32)45-40(52)57-29-33-18-10-5-11-19-33/h3-11,14-19,30,34-35H,12-13,20-29H2,1-2H3,(H2,43,44,45,51,52). The van der Waals surface area contributed by atoms with E-state index in [2.05, 4.69) is 15.6 Å². The molecule has 2 N–H and O–H groups in total. The Hall–Kier alpha value is -6.45. The summed E-state index contributed by atoms with van der Waals surface area (Å²) >= 11 is 0. The molecular weight excluding hydrogens is 748 g/mol. The van der Waals surface area contributed by atoms with E-state index in [-0.39, 0.29) is 77.3 Å². The summed E-state index contributed by atoms with van der Waals surface area (Å²) in [6.45, 7) is 5.05. The average Bonchev–Trinajstić information content (AvgIpc) is 3.50. The number of esters is 1. The summed E-state index contributed by atoms with van der Waals surface area (Å²) in [6, 6.07) is 25.2. The van der Waals surface area contributed by atoms with Crippen LogP contribution in [0.25, 0.3) is 0 Å². The van der Waals surface area contributed by atoms with E-state index in [9.17, 15) is 28.8 Å². The van der Waals surface area contributed by atoms with E-state index in [0.717, 1.165) is 21.6 Å². The number of nitrogens with zero attached hydrogens (tertiary/aromatic N) is 4. The first-order chi connectivity index (χ1) is 28.1. The zero-order valence-corrected chi connectivity index (χ0v) is 32.7. The molecule has 16 nitrogen and oxygen atoms in total. The lowest BCUT2D eigenvalue weighted by molar-refractivity contribution is -0.171. The number of nitrogens with one attached hydrogen (secondary N) is 2. The van der Waals surface area contributed by atoms with Crippen molar-refractivity contribution in [3.05, 3.63) is 108 Å². The molecule has 2 fully saturated rings. The molecule has 308 valence electrons. The van der Waals surface area contributed by atoms with Gasteiger partial charge in [0.1, 0.15) is 19.8 Å². The molecule has 2 heterocycles. The number of hydrogen-bond donors (Lipinski definition) is 2. The molecule has 2 atom stereocenters. The van der Waals surface area contributed by atoms with Crippen LogP contribution in [-0.2, 0) is 48.4 Å². The third-order valence-electron chi connectivity index (χ3n) is 9.26. The SMILES string of the molecule is CC(C)COC(=O)N1CCCN(C(=O)N2C(=O)C(CCCN=C(NC(=O)OCc3ccccc3)NC(=O)OCc3ccccc3)C2C(=O)OCc2ccccc2)CC1. The van der Waals surface area contributed by atoms with Gasteiger partial charge in [-0.1, -0.05) is 105 Å².